The molecule has 0 aliphatic heterocycles. The number of carbonyl (C=O) groups is 1. The van der Waals surface area contributed by atoms with Crippen molar-refractivity contribution in [1.29, 1.82) is 0 Å². The Labute approximate surface area is 121 Å². The minimum Gasteiger partial charge on any atom is -0.464 e. The van der Waals surface area contributed by atoms with Crippen LogP contribution in [0.4, 0.5) is 0 Å². The van der Waals surface area contributed by atoms with Crippen molar-refractivity contribution in [3.8, 4) is 0 Å². The van der Waals surface area contributed by atoms with Crippen LogP contribution in [-0.4, -0.2) is 22.8 Å². The number of aromatic nitrogens is 1. The smallest absolute Gasteiger partial charge is 0.273 e. The fraction of sp³-hybridized carbons (Fsp3) is 0.333. The minimum atomic E-state index is -0.125. The van der Waals surface area contributed by atoms with Crippen molar-refractivity contribution >= 4 is 29.7 Å². The van der Waals surface area contributed by atoms with Gasteiger partial charge in [0.25, 0.3) is 5.91 Å². The van der Waals surface area contributed by atoms with Crippen LogP contribution in [0.2, 0.25) is 0 Å². The van der Waals surface area contributed by atoms with Gasteiger partial charge in [0.2, 0.25) is 0 Å². The second-order valence-corrected chi connectivity index (χ2v) is 4.95. The van der Waals surface area contributed by atoms with E-state index in [1.165, 1.54) is 11.3 Å². The number of hydrogen-bond donors (Lipinski definition) is 1. The van der Waals surface area contributed by atoms with Gasteiger partial charge in [0.15, 0.2) is 0 Å². The molecule has 0 atom stereocenters. The van der Waals surface area contributed by atoms with Gasteiger partial charge in [-0.25, -0.2) is 4.98 Å². The highest BCUT2D eigenvalue weighted by Gasteiger charge is 2.16. The Kier molecular flexibility index (Phi) is 5.53. The van der Waals surface area contributed by atoms with Crippen molar-refractivity contribution in [3.05, 3.63) is 39.7 Å². The number of nitrogens with zero attached hydrogens (tertiary/aromatic N) is 2. The molecule has 0 aromatic carbocycles. The largest absolute Gasteiger partial charge is 0.464 e. The van der Waals surface area contributed by atoms with E-state index in [1.807, 2.05) is 19.1 Å². The summed E-state index contributed by atoms with van der Waals surface area (Å²) < 4.78 is 5.43. The zero-order chi connectivity index (χ0) is 13.1. The predicted molar refractivity (Wildman–Crippen MR) is 76.5 cm³/mol. The molecule has 0 spiro atoms. The number of nitrogens with two attached hydrogens (primary N) is 1. The zero-order valence-corrected chi connectivity index (χ0v) is 12.4. The van der Waals surface area contributed by atoms with E-state index in [0.29, 0.717) is 18.8 Å². The normalized spacial score (nSPS) is 10.1. The molecule has 0 bridgehead atoms. The van der Waals surface area contributed by atoms with Gasteiger partial charge in [-0.1, -0.05) is 0 Å². The fourth-order valence-electron chi connectivity index (χ4n) is 1.57. The summed E-state index contributed by atoms with van der Waals surface area (Å²) in [5.74, 6) is 1.47. The molecule has 0 aliphatic rings. The van der Waals surface area contributed by atoms with E-state index in [2.05, 4.69) is 4.98 Å². The molecule has 2 heterocycles. The monoisotopic (exact) mass is 301 g/mol. The number of amides is 1. The lowest BCUT2D eigenvalue weighted by molar-refractivity contribution is 0.0770. The minimum absolute atomic E-state index is 0. The number of aryl methyl sites for hydroxylation is 1. The Hall–Kier alpha value is -1.37. The molecule has 2 N–H and O–H groups in total. The lowest BCUT2D eigenvalue weighted by Crippen LogP contribution is -2.26. The lowest BCUT2D eigenvalue weighted by atomic mass is 10.3. The van der Waals surface area contributed by atoms with Crippen molar-refractivity contribution in [2.24, 2.45) is 5.73 Å². The molecule has 2 aromatic heterocycles. The van der Waals surface area contributed by atoms with Gasteiger partial charge in [0.1, 0.15) is 22.2 Å². The van der Waals surface area contributed by atoms with Crippen LogP contribution < -0.4 is 5.73 Å². The first-order chi connectivity index (χ1) is 8.60. The zero-order valence-electron chi connectivity index (χ0n) is 10.8. The summed E-state index contributed by atoms with van der Waals surface area (Å²) in [6, 6.07) is 3.74. The Bertz CT molecular complexity index is 553. The standard InChI is InChI=1S/C12H15N3O2S.ClH/c1-8-3-4-9(17-8)6-15(2)12(16)10-7-18-11(5-13)14-10;/h3-4,7H,5-6,13H2,1-2H3;1H. The summed E-state index contributed by atoms with van der Waals surface area (Å²) in [7, 11) is 1.72. The van der Waals surface area contributed by atoms with Crippen LogP contribution in [0.3, 0.4) is 0 Å². The summed E-state index contributed by atoms with van der Waals surface area (Å²) in [4.78, 5) is 17.8. The summed E-state index contributed by atoms with van der Waals surface area (Å²) in [5, 5.41) is 2.50. The summed E-state index contributed by atoms with van der Waals surface area (Å²) >= 11 is 1.40. The average molecular weight is 302 g/mol. The molecular weight excluding hydrogens is 286 g/mol. The van der Waals surface area contributed by atoms with Crippen LogP contribution in [0.15, 0.2) is 21.9 Å². The molecule has 2 aromatic rings. The third kappa shape index (κ3) is 3.79. The molecular formula is C12H16ClN3O2S. The number of halogens is 1. The van der Waals surface area contributed by atoms with E-state index in [1.54, 1.807) is 17.3 Å². The predicted octanol–water partition coefficient (Wildman–Crippen LogP) is 2.20. The van der Waals surface area contributed by atoms with E-state index in [4.69, 9.17) is 10.2 Å². The molecule has 0 radical (unpaired) electrons. The Morgan fingerprint density at radius 2 is 2.26 bits per heavy atom. The first-order valence-electron chi connectivity index (χ1n) is 5.55. The quantitative estimate of drug-likeness (QED) is 0.939. The molecule has 0 aliphatic carbocycles. The molecule has 0 unspecified atom stereocenters. The van der Waals surface area contributed by atoms with Crippen molar-refractivity contribution < 1.29 is 9.21 Å². The second kappa shape index (κ2) is 6.70. The molecule has 0 saturated heterocycles. The van der Waals surface area contributed by atoms with Crippen molar-refractivity contribution in [3.63, 3.8) is 0 Å². The molecule has 7 heteroatoms. The lowest BCUT2D eigenvalue weighted by Gasteiger charge is -2.13. The third-order valence-corrected chi connectivity index (χ3v) is 3.35. The number of thiazole rings is 1. The third-order valence-electron chi connectivity index (χ3n) is 2.48. The topological polar surface area (TPSA) is 72.4 Å². The van der Waals surface area contributed by atoms with Crippen LogP contribution in [0.1, 0.15) is 27.0 Å². The van der Waals surface area contributed by atoms with Gasteiger partial charge < -0.3 is 15.1 Å². The van der Waals surface area contributed by atoms with Gasteiger partial charge in [0.05, 0.1) is 6.54 Å². The van der Waals surface area contributed by atoms with E-state index >= 15 is 0 Å². The van der Waals surface area contributed by atoms with Gasteiger partial charge in [-0.05, 0) is 19.1 Å². The van der Waals surface area contributed by atoms with Crippen molar-refractivity contribution in [2.45, 2.75) is 20.0 Å². The SMILES string of the molecule is Cc1ccc(CN(C)C(=O)c2csc(CN)n2)o1.Cl. The Balaban J connectivity index is 0.00000180. The highest BCUT2D eigenvalue weighted by Crippen LogP contribution is 2.13. The summed E-state index contributed by atoms with van der Waals surface area (Å²) in [6.07, 6.45) is 0. The van der Waals surface area contributed by atoms with Crippen molar-refractivity contribution in [1.82, 2.24) is 9.88 Å². The van der Waals surface area contributed by atoms with Gasteiger partial charge in [-0.3, -0.25) is 4.79 Å². The van der Waals surface area contributed by atoms with Gasteiger partial charge in [-0.15, -0.1) is 23.7 Å². The maximum Gasteiger partial charge on any atom is 0.273 e. The molecule has 5 nitrogen and oxygen atoms in total. The molecule has 104 valence electrons. The van der Waals surface area contributed by atoms with Crippen molar-refractivity contribution in [2.75, 3.05) is 7.05 Å². The van der Waals surface area contributed by atoms with Crippen LogP contribution in [0.25, 0.3) is 0 Å². The average Bonchev–Trinajstić information content (AvgIpc) is 2.97. The Morgan fingerprint density at radius 3 is 2.79 bits per heavy atom. The number of carbonyl (C=O) groups excluding carboxylic acids is 1. The van der Waals surface area contributed by atoms with Crippen LogP contribution in [-0.2, 0) is 13.1 Å². The van der Waals surface area contributed by atoms with E-state index in [-0.39, 0.29) is 18.3 Å². The molecule has 2 rings (SSSR count). The molecule has 0 fully saturated rings. The molecule has 1 amide bonds. The maximum absolute atomic E-state index is 12.1. The summed E-state index contributed by atoms with van der Waals surface area (Å²) in [6.45, 7) is 2.67. The summed E-state index contributed by atoms with van der Waals surface area (Å²) in [5.41, 5.74) is 5.91. The number of hydrogen-bond acceptors (Lipinski definition) is 5. The van der Waals surface area contributed by atoms with E-state index < -0.39 is 0 Å². The maximum atomic E-state index is 12.1. The number of rotatable bonds is 4. The highest BCUT2D eigenvalue weighted by atomic mass is 35.5. The van der Waals surface area contributed by atoms with E-state index in [0.717, 1.165) is 16.5 Å². The first-order valence-corrected chi connectivity index (χ1v) is 6.43. The van der Waals surface area contributed by atoms with E-state index in [9.17, 15) is 4.79 Å². The van der Waals surface area contributed by atoms with Crippen LogP contribution in [0.5, 0.6) is 0 Å². The first kappa shape index (κ1) is 15.7. The van der Waals surface area contributed by atoms with Crippen LogP contribution in [0, 0.1) is 6.92 Å². The number of furan rings is 1. The molecule has 0 saturated carbocycles. The van der Waals surface area contributed by atoms with Gasteiger partial charge >= 0.3 is 0 Å². The molecule has 19 heavy (non-hydrogen) atoms. The van der Waals surface area contributed by atoms with Gasteiger partial charge in [0, 0.05) is 19.0 Å². The highest BCUT2D eigenvalue weighted by molar-refractivity contribution is 7.09. The van der Waals surface area contributed by atoms with Gasteiger partial charge in [-0.2, -0.15) is 0 Å². The fourth-order valence-corrected chi connectivity index (χ4v) is 2.22. The van der Waals surface area contributed by atoms with Crippen LogP contribution >= 0.6 is 23.7 Å². The Morgan fingerprint density at radius 1 is 1.53 bits per heavy atom. The second-order valence-electron chi connectivity index (χ2n) is 4.00.